The molecule has 1 aliphatic heterocycles. The van der Waals surface area contributed by atoms with Crippen LogP contribution in [0.25, 0.3) is 0 Å². The van der Waals surface area contributed by atoms with E-state index in [1.54, 1.807) is 7.11 Å². The third-order valence-electron chi connectivity index (χ3n) is 3.50. The average molecular weight is 350 g/mol. The number of rotatable bonds is 4. The quantitative estimate of drug-likeness (QED) is 0.859. The van der Waals surface area contributed by atoms with E-state index in [2.05, 4.69) is 51.6 Å². The Morgan fingerprint density at radius 3 is 3.00 bits per heavy atom. The Hall–Kier alpha value is -1.13. The van der Waals surface area contributed by atoms with Crippen LogP contribution in [0.2, 0.25) is 0 Å². The highest BCUT2D eigenvalue weighted by atomic mass is 79.9. The third-order valence-corrected chi connectivity index (χ3v) is 5.41. The molecule has 2 nitrogen and oxygen atoms in total. The summed E-state index contributed by atoms with van der Waals surface area (Å²) >= 11 is 5.42. The molecule has 0 amide bonds. The van der Waals surface area contributed by atoms with Crippen LogP contribution >= 0.6 is 27.7 Å². The number of ether oxygens (including phenoxy) is 1. The summed E-state index contributed by atoms with van der Waals surface area (Å²) in [5, 5.41) is 3.52. The molecule has 0 aromatic heterocycles. The smallest absolute Gasteiger partial charge is 0.135 e. The number of methoxy groups -OCH3 is 1. The summed E-state index contributed by atoms with van der Waals surface area (Å²) in [5.74, 6) is 2.59. The van der Waals surface area contributed by atoms with E-state index < -0.39 is 0 Å². The zero-order chi connectivity index (χ0) is 13.9. The Balaban J connectivity index is 1.69. The van der Waals surface area contributed by atoms with Crippen molar-refractivity contribution in [3.8, 4) is 5.75 Å². The molecule has 0 saturated carbocycles. The SMILES string of the molecule is COc1cc(NCC2CSc3ccccc32)ccc1Br. The number of hydrogen-bond acceptors (Lipinski definition) is 3. The molecular weight excluding hydrogens is 334 g/mol. The van der Waals surface area contributed by atoms with Gasteiger partial charge in [0.15, 0.2) is 0 Å². The van der Waals surface area contributed by atoms with Crippen molar-refractivity contribution in [3.05, 3.63) is 52.5 Å². The molecule has 0 fully saturated rings. The molecule has 2 aromatic rings. The second-order valence-electron chi connectivity index (χ2n) is 4.78. The molecule has 20 heavy (non-hydrogen) atoms. The van der Waals surface area contributed by atoms with Crippen LogP contribution in [0, 0.1) is 0 Å². The largest absolute Gasteiger partial charge is 0.495 e. The average Bonchev–Trinajstić information content (AvgIpc) is 2.90. The van der Waals surface area contributed by atoms with Crippen molar-refractivity contribution >= 4 is 33.4 Å². The van der Waals surface area contributed by atoms with Crippen molar-refractivity contribution in [2.45, 2.75) is 10.8 Å². The van der Waals surface area contributed by atoms with E-state index in [0.717, 1.165) is 28.2 Å². The predicted octanol–water partition coefficient (Wildman–Crippen LogP) is 4.76. The minimum absolute atomic E-state index is 0.575. The fourth-order valence-corrected chi connectivity index (χ4v) is 4.07. The number of fused-ring (bicyclic) bond motifs is 1. The molecule has 1 unspecified atom stereocenters. The molecule has 0 bridgehead atoms. The summed E-state index contributed by atoms with van der Waals surface area (Å²) < 4.78 is 6.30. The molecule has 1 heterocycles. The number of benzene rings is 2. The summed E-state index contributed by atoms with van der Waals surface area (Å²) in [7, 11) is 1.69. The summed E-state index contributed by atoms with van der Waals surface area (Å²) in [6.07, 6.45) is 0. The Morgan fingerprint density at radius 2 is 2.15 bits per heavy atom. The van der Waals surface area contributed by atoms with Crippen molar-refractivity contribution in [1.82, 2.24) is 0 Å². The Bertz CT molecular complexity index is 617. The van der Waals surface area contributed by atoms with Gasteiger partial charge < -0.3 is 10.1 Å². The molecule has 104 valence electrons. The van der Waals surface area contributed by atoms with Gasteiger partial charge in [-0.15, -0.1) is 11.8 Å². The zero-order valence-corrected chi connectivity index (χ0v) is 13.6. The van der Waals surface area contributed by atoms with Gasteiger partial charge in [0.05, 0.1) is 11.6 Å². The Labute approximate surface area is 132 Å². The second-order valence-corrected chi connectivity index (χ2v) is 6.69. The first-order valence-corrected chi connectivity index (χ1v) is 8.35. The number of hydrogen-bond donors (Lipinski definition) is 1. The van der Waals surface area contributed by atoms with Crippen LogP contribution in [0.3, 0.4) is 0 Å². The topological polar surface area (TPSA) is 21.3 Å². The first-order valence-electron chi connectivity index (χ1n) is 6.57. The first-order chi connectivity index (χ1) is 9.78. The van der Waals surface area contributed by atoms with Crippen LogP contribution in [0.1, 0.15) is 11.5 Å². The van der Waals surface area contributed by atoms with E-state index in [9.17, 15) is 0 Å². The van der Waals surface area contributed by atoms with Gasteiger partial charge in [-0.3, -0.25) is 0 Å². The molecule has 0 spiro atoms. The second kappa shape index (κ2) is 6.10. The van der Waals surface area contributed by atoms with Crippen molar-refractivity contribution < 1.29 is 4.74 Å². The fourth-order valence-electron chi connectivity index (χ4n) is 2.41. The standard InChI is InChI=1S/C16H16BrNOS/c1-19-15-8-12(6-7-14(15)17)18-9-11-10-20-16-5-3-2-4-13(11)16/h2-8,11,18H,9-10H2,1H3. The number of nitrogens with one attached hydrogen (secondary N) is 1. The van der Waals surface area contributed by atoms with Crippen molar-refractivity contribution in [2.24, 2.45) is 0 Å². The normalized spacial score (nSPS) is 16.8. The number of halogens is 1. The van der Waals surface area contributed by atoms with Gasteiger partial charge in [-0.2, -0.15) is 0 Å². The lowest BCUT2D eigenvalue weighted by Crippen LogP contribution is -2.12. The molecule has 4 heteroatoms. The van der Waals surface area contributed by atoms with E-state index in [0.29, 0.717) is 5.92 Å². The van der Waals surface area contributed by atoms with Crippen LogP contribution < -0.4 is 10.1 Å². The van der Waals surface area contributed by atoms with Crippen molar-refractivity contribution in [3.63, 3.8) is 0 Å². The highest BCUT2D eigenvalue weighted by molar-refractivity contribution is 9.10. The lowest BCUT2D eigenvalue weighted by Gasteiger charge is -2.14. The molecule has 0 radical (unpaired) electrons. The molecule has 1 aliphatic rings. The van der Waals surface area contributed by atoms with Crippen molar-refractivity contribution in [1.29, 1.82) is 0 Å². The molecule has 1 atom stereocenters. The van der Waals surface area contributed by atoms with Gasteiger partial charge in [0.1, 0.15) is 5.75 Å². The van der Waals surface area contributed by atoms with Gasteiger partial charge in [-0.1, -0.05) is 18.2 Å². The Kier molecular flexibility index (Phi) is 4.22. The Morgan fingerprint density at radius 1 is 1.30 bits per heavy atom. The van der Waals surface area contributed by atoms with Crippen LogP contribution in [-0.2, 0) is 0 Å². The fraction of sp³-hybridized carbons (Fsp3) is 0.250. The molecule has 0 aliphatic carbocycles. The van der Waals surface area contributed by atoms with Gasteiger partial charge in [0, 0.05) is 34.9 Å². The monoisotopic (exact) mass is 349 g/mol. The van der Waals surface area contributed by atoms with E-state index in [1.165, 1.54) is 10.5 Å². The molecule has 1 N–H and O–H groups in total. The van der Waals surface area contributed by atoms with E-state index in [4.69, 9.17) is 4.74 Å². The maximum Gasteiger partial charge on any atom is 0.135 e. The first kappa shape index (κ1) is 13.8. The summed E-state index contributed by atoms with van der Waals surface area (Å²) in [4.78, 5) is 1.42. The summed E-state index contributed by atoms with van der Waals surface area (Å²) in [6, 6.07) is 14.8. The summed E-state index contributed by atoms with van der Waals surface area (Å²) in [6.45, 7) is 0.953. The third kappa shape index (κ3) is 2.81. The molecule has 0 saturated heterocycles. The molecule has 2 aromatic carbocycles. The van der Waals surface area contributed by atoms with Crippen molar-refractivity contribution in [2.75, 3.05) is 24.7 Å². The molecular formula is C16H16BrNOS. The lowest BCUT2D eigenvalue weighted by atomic mass is 10.0. The molecule has 3 rings (SSSR count). The van der Waals surface area contributed by atoms with Gasteiger partial charge in [0.2, 0.25) is 0 Å². The van der Waals surface area contributed by atoms with Crippen LogP contribution in [0.4, 0.5) is 5.69 Å². The highest BCUT2D eigenvalue weighted by Gasteiger charge is 2.22. The van der Waals surface area contributed by atoms with Crippen LogP contribution in [0.5, 0.6) is 5.75 Å². The van der Waals surface area contributed by atoms with Gasteiger partial charge >= 0.3 is 0 Å². The van der Waals surface area contributed by atoms with E-state index >= 15 is 0 Å². The van der Waals surface area contributed by atoms with Crippen LogP contribution in [-0.4, -0.2) is 19.4 Å². The predicted molar refractivity (Wildman–Crippen MR) is 89.1 cm³/mol. The number of thioether (sulfide) groups is 1. The highest BCUT2D eigenvalue weighted by Crippen LogP contribution is 2.39. The number of anilines is 1. The van der Waals surface area contributed by atoms with Gasteiger partial charge in [0.25, 0.3) is 0 Å². The van der Waals surface area contributed by atoms with Gasteiger partial charge in [-0.05, 0) is 39.7 Å². The van der Waals surface area contributed by atoms with Gasteiger partial charge in [-0.25, -0.2) is 0 Å². The minimum atomic E-state index is 0.575. The van der Waals surface area contributed by atoms with Crippen LogP contribution in [0.15, 0.2) is 51.8 Å². The summed E-state index contributed by atoms with van der Waals surface area (Å²) in [5.41, 5.74) is 2.56. The van der Waals surface area contributed by atoms with E-state index in [1.807, 2.05) is 23.9 Å². The minimum Gasteiger partial charge on any atom is -0.495 e. The zero-order valence-electron chi connectivity index (χ0n) is 11.2. The maximum absolute atomic E-state index is 5.32. The van der Waals surface area contributed by atoms with E-state index in [-0.39, 0.29) is 0 Å². The maximum atomic E-state index is 5.32. The lowest BCUT2D eigenvalue weighted by molar-refractivity contribution is 0.412.